The van der Waals surface area contributed by atoms with Crippen LogP contribution in [0.15, 0.2) is 70.7 Å². The van der Waals surface area contributed by atoms with Crippen molar-refractivity contribution < 1.29 is 9.21 Å². The molecule has 158 valence electrons. The van der Waals surface area contributed by atoms with Gasteiger partial charge in [-0.2, -0.15) is 0 Å². The number of thiazole rings is 1. The Hall–Kier alpha value is -3.16. The Labute approximate surface area is 185 Å². The van der Waals surface area contributed by atoms with Gasteiger partial charge < -0.3 is 14.6 Å². The van der Waals surface area contributed by atoms with Crippen molar-refractivity contribution in [3.05, 3.63) is 76.8 Å². The second-order valence-electron chi connectivity index (χ2n) is 7.66. The molecule has 7 heteroatoms. The number of hydrogen-bond acceptors (Lipinski definition) is 5. The van der Waals surface area contributed by atoms with Crippen molar-refractivity contribution in [3.63, 3.8) is 0 Å². The average molecular weight is 433 g/mol. The summed E-state index contributed by atoms with van der Waals surface area (Å²) in [6.45, 7) is 4.47. The number of hydrogen-bond donors (Lipinski definition) is 1. The van der Waals surface area contributed by atoms with E-state index in [1.807, 2.05) is 40.6 Å². The number of benzene rings is 2. The van der Waals surface area contributed by atoms with E-state index in [-0.39, 0.29) is 6.03 Å². The van der Waals surface area contributed by atoms with Crippen LogP contribution < -0.4 is 5.32 Å². The summed E-state index contributed by atoms with van der Waals surface area (Å²) in [4.78, 5) is 21.6. The zero-order valence-corrected chi connectivity index (χ0v) is 18.0. The molecule has 1 aliphatic heterocycles. The van der Waals surface area contributed by atoms with Gasteiger partial charge in [0.1, 0.15) is 10.7 Å². The van der Waals surface area contributed by atoms with Gasteiger partial charge in [0.15, 0.2) is 5.76 Å². The summed E-state index contributed by atoms with van der Waals surface area (Å²) in [7, 11) is 0. The number of nitrogens with zero attached hydrogens (tertiary/aromatic N) is 3. The van der Waals surface area contributed by atoms with E-state index in [0.717, 1.165) is 54.7 Å². The van der Waals surface area contributed by atoms with E-state index in [1.165, 1.54) is 10.8 Å². The lowest BCUT2D eigenvalue weighted by molar-refractivity contribution is 0.135. The van der Waals surface area contributed by atoms with Gasteiger partial charge in [0, 0.05) is 38.1 Å². The third-order valence-corrected chi connectivity index (χ3v) is 6.49. The molecule has 2 aromatic carbocycles. The molecule has 0 unspecified atom stereocenters. The Balaban J connectivity index is 1.12. The number of urea groups is 1. The largest absolute Gasteiger partial charge is 0.463 e. The van der Waals surface area contributed by atoms with Crippen molar-refractivity contribution in [3.8, 4) is 11.5 Å². The molecule has 1 saturated heterocycles. The number of furan rings is 1. The van der Waals surface area contributed by atoms with Crippen molar-refractivity contribution in [1.29, 1.82) is 0 Å². The lowest BCUT2D eigenvalue weighted by Crippen LogP contribution is -2.51. The van der Waals surface area contributed by atoms with Crippen molar-refractivity contribution in [2.24, 2.45) is 0 Å². The number of nitrogens with one attached hydrogen (secondary N) is 1. The van der Waals surface area contributed by atoms with Crippen LogP contribution in [0.5, 0.6) is 0 Å². The minimum Gasteiger partial charge on any atom is -0.463 e. The van der Waals surface area contributed by atoms with Gasteiger partial charge in [0.2, 0.25) is 0 Å². The molecule has 0 atom stereocenters. The molecule has 1 N–H and O–H groups in total. The lowest BCUT2D eigenvalue weighted by Gasteiger charge is -2.34. The Bertz CT molecular complexity index is 1160. The minimum atomic E-state index is 0.00179. The Morgan fingerprint density at radius 2 is 1.87 bits per heavy atom. The maximum Gasteiger partial charge on any atom is 0.317 e. The van der Waals surface area contributed by atoms with Crippen LogP contribution in [-0.4, -0.2) is 47.0 Å². The summed E-state index contributed by atoms with van der Waals surface area (Å²) in [5.41, 5.74) is 2.03. The molecule has 0 aliphatic carbocycles. The van der Waals surface area contributed by atoms with E-state index in [1.54, 1.807) is 17.6 Å². The van der Waals surface area contributed by atoms with Gasteiger partial charge in [-0.05, 0) is 28.5 Å². The van der Waals surface area contributed by atoms with Gasteiger partial charge in [0.25, 0.3) is 0 Å². The molecule has 31 heavy (non-hydrogen) atoms. The van der Waals surface area contributed by atoms with Crippen LogP contribution in [0.4, 0.5) is 4.79 Å². The SMILES string of the molecule is O=C(NCc1cccc2ccccc12)N1CCN(Cc2nc(-c3ccco3)cs2)CC1. The van der Waals surface area contributed by atoms with E-state index in [4.69, 9.17) is 4.42 Å². The molecule has 2 aromatic heterocycles. The molecule has 3 heterocycles. The van der Waals surface area contributed by atoms with Crippen LogP contribution in [0.1, 0.15) is 10.6 Å². The van der Waals surface area contributed by atoms with E-state index < -0.39 is 0 Å². The van der Waals surface area contributed by atoms with Gasteiger partial charge in [-0.15, -0.1) is 11.3 Å². The number of carbonyl (C=O) groups is 1. The first kappa shape index (κ1) is 19.8. The van der Waals surface area contributed by atoms with Gasteiger partial charge in [-0.25, -0.2) is 9.78 Å². The molecular weight excluding hydrogens is 408 g/mol. The molecule has 4 aromatic rings. The predicted molar refractivity (Wildman–Crippen MR) is 123 cm³/mol. The molecule has 0 bridgehead atoms. The molecule has 6 nitrogen and oxygen atoms in total. The maximum absolute atomic E-state index is 12.7. The van der Waals surface area contributed by atoms with Crippen LogP contribution in [0, 0.1) is 0 Å². The highest BCUT2D eigenvalue weighted by Gasteiger charge is 2.22. The number of rotatable bonds is 5. The summed E-state index contributed by atoms with van der Waals surface area (Å²) in [5.74, 6) is 0.801. The van der Waals surface area contributed by atoms with Crippen molar-refractivity contribution in [2.45, 2.75) is 13.1 Å². The van der Waals surface area contributed by atoms with E-state index >= 15 is 0 Å². The second kappa shape index (κ2) is 8.91. The first-order valence-electron chi connectivity index (χ1n) is 10.5. The molecular formula is C24H24N4O2S. The molecule has 2 amide bonds. The Morgan fingerprint density at radius 1 is 1.03 bits per heavy atom. The first-order chi connectivity index (χ1) is 15.3. The smallest absolute Gasteiger partial charge is 0.317 e. The number of piperazine rings is 1. The average Bonchev–Trinajstić information content (AvgIpc) is 3.50. The van der Waals surface area contributed by atoms with Gasteiger partial charge in [0.05, 0.1) is 12.8 Å². The standard InChI is InChI=1S/C24H24N4O2S/c29-24(25-15-19-7-3-6-18-5-1-2-8-20(18)19)28-12-10-27(11-13-28)16-23-26-21(17-31-23)22-9-4-14-30-22/h1-9,14,17H,10-13,15-16H2,(H,25,29). The monoisotopic (exact) mass is 432 g/mol. The summed E-state index contributed by atoms with van der Waals surface area (Å²) in [5, 5.41) is 8.58. The summed E-state index contributed by atoms with van der Waals surface area (Å²) < 4.78 is 5.42. The molecule has 0 saturated carbocycles. The molecule has 1 aliphatic rings. The van der Waals surface area contributed by atoms with Gasteiger partial charge >= 0.3 is 6.03 Å². The van der Waals surface area contributed by atoms with Gasteiger partial charge in [-0.3, -0.25) is 4.90 Å². The third kappa shape index (κ3) is 4.47. The number of amides is 2. The highest BCUT2D eigenvalue weighted by atomic mass is 32.1. The van der Waals surface area contributed by atoms with Crippen molar-refractivity contribution in [1.82, 2.24) is 20.1 Å². The zero-order chi connectivity index (χ0) is 21.0. The Kier molecular flexibility index (Phi) is 5.69. The lowest BCUT2D eigenvalue weighted by atomic mass is 10.0. The van der Waals surface area contributed by atoms with Crippen LogP contribution in [0.2, 0.25) is 0 Å². The van der Waals surface area contributed by atoms with Crippen molar-refractivity contribution in [2.75, 3.05) is 26.2 Å². The normalized spacial score (nSPS) is 14.8. The summed E-state index contributed by atoms with van der Waals surface area (Å²) in [6, 6.07) is 18.3. The first-order valence-corrected chi connectivity index (χ1v) is 11.3. The van der Waals surface area contributed by atoms with Crippen LogP contribution in [-0.2, 0) is 13.1 Å². The summed E-state index contributed by atoms with van der Waals surface area (Å²) >= 11 is 1.65. The minimum absolute atomic E-state index is 0.00179. The quantitative estimate of drug-likeness (QED) is 0.501. The van der Waals surface area contributed by atoms with Crippen molar-refractivity contribution >= 4 is 28.1 Å². The highest BCUT2D eigenvalue weighted by Crippen LogP contribution is 2.23. The fourth-order valence-corrected chi connectivity index (χ4v) is 4.78. The highest BCUT2D eigenvalue weighted by molar-refractivity contribution is 7.09. The molecule has 0 radical (unpaired) electrons. The van der Waals surface area contributed by atoms with E-state index in [0.29, 0.717) is 6.54 Å². The number of aromatic nitrogens is 1. The van der Waals surface area contributed by atoms with E-state index in [2.05, 4.69) is 39.5 Å². The topological polar surface area (TPSA) is 61.6 Å². The fraction of sp³-hybridized carbons (Fsp3) is 0.250. The number of carbonyl (C=O) groups excluding carboxylic acids is 1. The zero-order valence-electron chi connectivity index (χ0n) is 17.2. The third-order valence-electron chi connectivity index (χ3n) is 5.65. The van der Waals surface area contributed by atoms with Crippen LogP contribution in [0.3, 0.4) is 0 Å². The van der Waals surface area contributed by atoms with Gasteiger partial charge in [-0.1, -0.05) is 42.5 Å². The van der Waals surface area contributed by atoms with E-state index in [9.17, 15) is 4.79 Å². The van der Waals surface area contributed by atoms with Crippen LogP contribution in [0.25, 0.3) is 22.2 Å². The molecule has 5 rings (SSSR count). The predicted octanol–water partition coefficient (Wildman–Crippen LogP) is 4.58. The molecule has 1 fully saturated rings. The fourth-order valence-electron chi connectivity index (χ4n) is 3.95. The Morgan fingerprint density at radius 3 is 2.71 bits per heavy atom. The summed E-state index contributed by atoms with van der Waals surface area (Å²) in [6.07, 6.45) is 1.67. The van der Waals surface area contributed by atoms with Crippen LogP contribution >= 0.6 is 11.3 Å². The second-order valence-corrected chi connectivity index (χ2v) is 8.61. The maximum atomic E-state index is 12.7. The number of fused-ring (bicyclic) bond motifs is 1. The molecule has 0 spiro atoms.